The van der Waals surface area contributed by atoms with Crippen molar-refractivity contribution < 1.29 is 23.7 Å². The van der Waals surface area contributed by atoms with E-state index >= 15 is 0 Å². The number of anilines is 1. The Morgan fingerprint density at radius 3 is 1.85 bits per heavy atom. The summed E-state index contributed by atoms with van der Waals surface area (Å²) < 4.78 is 21.7. The summed E-state index contributed by atoms with van der Waals surface area (Å²) in [5, 5.41) is 0.844. The maximum absolute atomic E-state index is 13.5. The van der Waals surface area contributed by atoms with Gasteiger partial charge in [0.15, 0.2) is 11.5 Å². The molecule has 1 amide bonds. The fourth-order valence-corrected chi connectivity index (χ4v) is 4.46. The molecule has 1 aliphatic rings. The maximum atomic E-state index is 13.5. The van der Waals surface area contributed by atoms with Gasteiger partial charge in [0.2, 0.25) is 11.7 Å². The van der Waals surface area contributed by atoms with E-state index in [0.29, 0.717) is 33.0 Å². The zero-order chi connectivity index (χ0) is 23.7. The van der Waals surface area contributed by atoms with Gasteiger partial charge >= 0.3 is 0 Å². The minimum atomic E-state index is -0.438. The van der Waals surface area contributed by atoms with E-state index in [4.69, 9.17) is 42.1 Å². The number of ether oxygens (including phenoxy) is 4. The zero-order valence-electron chi connectivity index (χ0n) is 18.6. The van der Waals surface area contributed by atoms with Crippen LogP contribution < -0.4 is 23.8 Å². The van der Waals surface area contributed by atoms with Gasteiger partial charge in [0.05, 0.1) is 56.1 Å². The summed E-state index contributed by atoms with van der Waals surface area (Å²) in [5.74, 6) is 1.60. The Kier molecular flexibility index (Phi) is 6.58. The van der Waals surface area contributed by atoms with E-state index in [9.17, 15) is 4.79 Å². The molecule has 33 heavy (non-hydrogen) atoms. The molecule has 0 aromatic heterocycles. The van der Waals surface area contributed by atoms with Crippen molar-refractivity contribution in [2.45, 2.75) is 12.0 Å². The molecule has 0 bridgehead atoms. The standard InChI is InChI=1S/C25H23Cl2NO5/c1-30-17-8-5-14(6-9-17)23-22(15-7-10-18(26)19(27)11-15)25(29)28(23)16-12-20(31-2)24(33-4)21(13-16)32-3/h5-13,22-23H,1-4H3/t22-,23-/m1/s1. The van der Waals surface area contributed by atoms with Crippen LogP contribution in [0.3, 0.4) is 0 Å². The topological polar surface area (TPSA) is 57.2 Å². The maximum Gasteiger partial charge on any atom is 0.237 e. The molecule has 0 spiro atoms. The summed E-state index contributed by atoms with van der Waals surface area (Å²) in [6.45, 7) is 0. The van der Waals surface area contributed by atoms with E-state index in [-0.39, 0.29) is 11.9 Å². The number of rotatable bonds is 7. The Hall–Kier alpha value is -3.09. The molecule has 0 N–H and O–H groups in total. The van der Waals surface area contributed by atoms with Crippen molar-refractivity contribution in [3.8, 4) is 23.0 Å². The van der Waals surface area contributed by atoms with Gasteiger partial charge in [-0.3, -0.25) is 4.79 Å². The first-order valence-corrected chi connectivity index (χ1v) is 10.9. The highest BCUT2D eigenvalue weighted by Crippen LogP contribution is 2.52. The molecule has 0 saturated carbocycles. The Labute approximate surface area is 202 Å². The molecule has 4 rings (SSSR count). The molecule has 0 unspecified atom stereocenters. The van der Waals surface area contributed by atoms with Crippen LogP contribution in [0.2, 0.25) is 10.0 Å². The van der Waals surface area contributed by atoms with Crippen molar-refractivity contribution in [3.05, 3.63) is 75.8 Å². The SMILES string of the molecule is COc1ccc([C@@H]2[C@@H](c3ccc(Cl)c(Cl)c3)C(=O)N2c2cc(OC)c(OC)c(OC)c2)cc1. The third kappa shape index (κ3) is 4.05. The average molecular weight is 488 g/mol. The van der Waals surface area contributed by atoms with Crippen LogP contribution in [0.15, 0.2) is 54.6 Å². The molecule has 8 heteroatoms. The fraction of sp³-hybridized carbons (Fsp3) is 0.240. The highest BCUT2D eigenvalue weighted by atomic mass is 35.5. The van der Waals surface area contributed by atoms with Crippen LogP contribution in [0.25, 0.3) is 0 Å². The second kappa shape index (κ2) is 9.41. The highest BCUT2D eigenvalue weighted by Gasteiger charge is 2.50. The van der Waals surface area contributed by atoms with E-state index < -0.39 is 5.92 Å². The quantitative estimate of drug-likeness (QED) is 0.388. The van der Waals surface area contributed by atoms with Gasteiger partial charge in [-0.25, -0.2) is 0 Å². The molecule has 1 fully saturated rings. The van der Waals surface area contributed by atoms with Crippen molar-refractivity contribution in [2.24, 2.45) is 0 Å². The molecule has 1 saturated heterocycles. The largest absolute Gasteiger partial charge is 0.497 e. The monoisotopic (exact) mass is 487 g/mol. The van der Waals surface area contributed by atoms with Gasteiger partial charge in [-0.1, -0.05) is 41.4 Å². The molecule has 3 aromatic carbocycles. The minimum Gasteiger partial charge on any atom is -0.497 e. The Morgan fingerprint density at radius 2 is 1.33 bits per heavy atom. The van der Waals surface area contributed by atoms with Gasteiger partial charge < -0.3 is 23.8 Å². The lowest BCUT2D eigenvalue weighted by Gasteiger charge is -2.48. The Morgan fingerprint density at radius 1 is 0.727 bits per heavy atom. The van der Waals surface area contributed by atoms with Gasteiger partial charge in [0.1, 0.15) is 5.75 Å². The van der Waals surface area contributed by atoms with Crippen LogP contribution in [0.1, 0.15) is 23.1 Å². The van der Waals surface area contributed by atoms with Gasteiger partial charge in [0, 0.05) is 12.1 Å². The van der Waals surface area contributed by atoms with Crippen LogP contribution in [0, 0.1) is 0 Å². The van der Waals surface area contributed by atoms with E-state index in [2.05, 4.69) is 0 Å². The van der Waals surface area contributed by atoms with E-state index in [1.165, 1.54) is 7.11 Å². The number of amides is 1. The van der Waals surface area contributed by atoms with Crippen molar-refractivity contribution in [3.63, 3.8) is 0 Å². The molecular weight excluding hydrogens is 465 g/mol. The lowest BCUT2D eigenvalue weighted by atomic mass is 9.77. The number of hydrogen-bond acceptors (Lipinski definition) is 5. The van der Waals surface area contributed by atoms with Crippen LogP contribution in [-0.2, 0) is 4.79 Å². The number of halogens is 2. The number of nitrogens with zero attached hydrogens (tertiary/aromatic N) is 1. The van der Waals surface area contributed by atoms with Crippen LogP contribution in [0.5, 0.6) is 23.0 Å². The molecule has 0 radical (unpaired) electrons. The fourth-order valence-electron chi connectivity index (χ4n) is 4.16. The number of carbonyl (C=O) groups excluding carboxylic acids is 1. The van der Waals surface area contributed by atoms with Gasteiger partial charge in [-0.2, -0.15) is 0 Å². The number of β-lactam (4-membered cyclic amide) rings is 1. The second-order valence-electron chi connectivity index (χ2n) is 7.46. The Bertz CT molecular complexity index is 1160. The van der Waals surface area contributed by atoms with Crippen LogP contribution in [0.4, 0.5) is 5.69 Å². The van der Waals surface area contributed by atoms with Gasteiger partial charge in [0.25, 0.3) is 0 Å². The molecule has 3 aromatic rings. The van der Waals surface area contributed by atoms with E-state index in [0.717, 1.165) is 16.9 Å². The van der Waals surface area contributed by atoms with Crippen molar-refractivity contribution in [2.75, 3.05) is 33.3 Å². The van der Waals surface area contributed by atoms with Crippen LogP contribution >= 0.6 is 23.2 Å². The van der Waals surface area contributed by atoms with Crippen molar-refractivity contribution in [1.29, 1.82) is 0 Å². The average Bonchev–Trinajstić information content (AvgIpc) is 2.84. The number of methoxy groups -OCH3 is 4. The highest BCUT2D eigenvalue weighted by molar-refractivity contribution is 6.42. The minimum absolute atomic E-state index is 0.0801. The Balaban J connectivity index is 1.83. The van der Waals surface area contributed by atoms with Gasteiger partial charge in [-0.15, -0.1) is 0 Å². The molecule has 0 aliphatic carbocycles. The first-order valence-electron chi connectivity index (χ1n) is 10.2. The molecule has 1 heterocycles. The van der Waals surface area contributed by atoms with E-state index in [1.807, 2.05) is 30.3 Å². The number of benzene rings is 3. The molecule has 2 atom stereocenters. The van der Waals surface area contributed by atoms with Crippen molar-refractivity contribution >= 4 is 34.8 Å². The predicted octanol–water partition coefficient (Wildman–Crippen LogP) is 5.90. The molecule has 172 valence electrons. The summed E-state index contributed by atoms with van der Waals surface area (Å²) in [5.41, 5.74) is 2.37. The third-order valence-electron chi connectivity index (χ3n) is 5.79. The number of carbonyl (C=O) groups is 1. The van der Waals surface area contributed by atoms with Crippen molar-refractivity contribution in [1.82, 2.24) is 0 Å². The van der Waals surface area contributed by atoms with Gasteiger partial charge in [-0.05, 0) is 35.4 Å². The smallest absolute Gasteiger partial charge is 0.237 e. The predicted molar refractivity (Wildman–Crippen MR) is 129 cm³/mol. The van der Waals surface area contributed by atoms with E-state index in [1.54, 1.807) is 50.5 Å². The zero-order valence-corrected chi connectivity index (χ0v) is 20.1. The second-order valence-corrected chi connectivity index (χ2v) is 8.28. The third-order valence-corrected chi connectivity index (χ3v) is 6.52. The lowest BCUT2D eigenvalue weighted by Crippen LogP contribution is -2.53. The normalized spacial score (nSPS) is 17.4. The lowest BCUT2D eigenvalue weighted by molar-refractivity contribution is -0.126. The molecule has 1 aliphatic heterocycles. The summed E-state index contributed by atoms with van der Waals surface area (Å²) in [6, 6.07) is 16.2. The summed E-state index contributed by atoms with van der Waals surface area (Å²) in [6.07, 6.45) is 0. The number of hydrogen-bond donors (Lipinski definition) is 0. The summed E-state index contributed by atoms with van der Waals surface area (Å²) in [7, 11) is 6.23. The summed E-state index contributed by atoms with van der Waals surface area (Å²) in [4.78, 5) is 15.3. The first-order chi connectivity index (χ1) is 15.9. The summed E-state index contributed by atoms with van der Waals surface area (Å²) >= 11 is 12.4. The molecular formula is C25H23Cl2NO5. The molecule has 6 nitrogen and oxygen atoms in total. The first kappa shape index (κ1) is 23.1. The van der Waals surface area contributed by atoms with Crippen LogP contribution in [-0.4, -0.2) is 34.3 Å².